The largest absolute Gasteiger partial charge is 0.384 e. The van der Waals surface area contributed by atoms with E-state index in [1.165, 1.54) is 11.6 Å². The van der Waals surface area contributed by atoms with Crippen molar-refractivity contribution < 1.29 is 16.8 Å². The maximum Gasteiger partial charge on any atom is 0.206 e. The van der Waals surface area contributed by atoms with Gasteiger partial charge in [0.2, 0.25) is 19.7 Å². The third-order valence-corrected chi connectivity index (χ3v) is 9.70. The number of benzene rings is 4. The Kier molecular flexibility index (Phi) is 7.40. The van der Waals surface area contributed by atoms with Gasteiger partial charge in [0.15, 0.2) is 0 Å². The maximum atomic E-state index is 12.6. The van der Waals surface area contributed by atoms with Crippen molar-refractivity contribution in [2.45, 2.75) is 38.8 Å². The molecule has 0 bridgehead atoms. The van der Waals surface area contributed by atoms with Gasteiger partial charge in [-0.15, -0.1) is 0 Å². The summed E-state index contributed by atoms with van der Waals surface area (Å²) in [5, 5.41) is 3.29. The molecule has 1 heterocycles. The molecule has 9 heteroatoms. The summed E-state index contributed by atoms with van der Waals surface area (Å²) in [5.74, 6) is 5.26. The quantitative estimate of drug-likeness (QED) is 0.242. The summed E-state index contributed by atoms with van der Waals surface area (Å²) in [7, 11) is -6.90. The van der Waals surface area contributed by atoms with Crippen LogP contribution < -0.4 is 16.6 Å². The Balaban J connectivity index is 0.000000176. The van der Waals surface area contributed by atoms with Gasteiger partial charge in [0.25, 0.3) is 0 Å². The van der Waals surface area contributed by atoms with Crippen LogP contribution in [0.4, 0.5) is 11.4 Å². The Morgan fingerprint density at radius 1 is 0.676 bits per heavy atom. The highest BCUT2D eigenvalue weighted by Gasteiger charge is 2.31. The van der Waals surface area contributed by atoms with Crippen molar-refractivity contribution in [2.24, 2.45) is 5.84 Å². The number of nitrogens with one attached hydrogen (secondary N) is 2. The first-order chi connectivity index (χ1) is 17.6. The average Bonchev–Trinajstić information content (AvgIpc) is 3.24. The van der Waals surface area contributed by atoms with Gasteiger partial charge in [-0.25, -0.2) is 16.8 Å². The number of sulfone groups is 2. The Hall–Kier alpha value is -3.66. The predicted molar refractivity (Wildman–Crippen MR) is 146 cm³/mol. The molecule has 0 radical (unpaired) electrons. The molecule has 192 valence electrons. The van der Waals surface area contributed by atoms with Gasteiger partial charge in [-0.05, 0) is 60.2 Å². The summed E-state index contributed by atoms with van der Waals surface area (Å²) >= 11 is 0. The van der Waals surface area contributed by atoms with Crippen molar-refractivity contribution in [3.8, 4) is 0 Å². The normalized spacial score (nSPS) is 14.0. The second-order valence-electron chi connectivity index (χ2n) is 9.25. The fourth-order valence-corrected chi connectivity index (χ4v) is 6.70. The van der Waals surface area contributed by atoms with Crippen molar-refractivity contribution >= 4 is 31.0 Å². The number of nitrogens with two attached hydrogens (primary N) is 1. The molecule has 0 saturated heterocycles. The van der Waals surface area contributed by atoms with Crippen LogP contribution in [0, 0.1) is 0 Å². The van der Waals surface area contributed by atoms with Gasteiger partial charge in [-0.3, -0.25) is 5.84 Å². The lowest BCUT2D eigenvalue weighted by Gasteiger charge is -2.17. The lowest BCUT2D eigenvalue weighted by molar-refractivity contribution is 0.585. The number of hydrogen-bond acceptors (Lipinski definition) is 7. The van der Waals surface area contributed by atoms with Crippen molar-refractivity contribution in [3.63, 3.8) is 0 Å². The molecule has 4 aromatic carbocycles. The zero-order chi connectivity index (χ0) is 26.7. The topological polar surface area (TPSA) is 118 Å². The van der Waals surface area contributed by atoms with Crippen LogP contribution in [0.25, 0.3) is 0 Å². The second-order valence-corrected chi connectivity index (χ2v) is 13.1. The van der Waals surface area contributed by atoms with Crippen LogP contribution in [0.1, 0.15) is 19.4 Å². The molecule has 0 amide bonds. The van der Waals surface area contributed by atoms with E-state index in [9.17, 15) is 16.8 Å². The standard InChI is InChI=1S/C16H17NO2S.C12H12N2O2S/c1-16(2)11-17-15-10-13(8-9-14(15)16)20(18,19)12-6-4-3-5-7-12;13-14-10-5-4-8-12(9-10)17(15,16)11-6-2-1-3-7-11/h3-10,17H,11H2,1-2H3;1-9,14H,13H2. The highest BCUT2D eigenvalue weighted by atomic mass is 32.2. The van der Waals surface area contributed by atoms with Crippen molar-refractivity contribution in [2.75, 3.05) is 17.3 Å². The lowest BCUT2D eigenvalue weighted by Crippen LogP contribution is -2.18. The molecule has 4 N–H and O–H groups in total. The zero-order valence-electron chi connectivity index (χ0n) is 20.5. The summed E-state index contributed by atoms with van der Waals surface area (Å²) in [6.45, 7) is 5.13. The average molecular weight is 536 g/mol. The molecule has 4 aromatic rings. The van der Waals surface area contributed by atoms with Crippen LogP contribution in [0.3, 0.4) is 0 Å². The molecule has 1 aliphatic heterocycles. The number of fused-ring (bicyclic) bond motifs is 1. The summed E-state index contributed by atoms with van der Waals surface area (Å²) in [6, 6.07) is 28.6. The molecular formula is C28H29N3O4S2. The summed E-state index contributed by atoms with van der Waals surface area (Å²) in [4.78, 5) is 1.16. The van der Waals surface area contributed by atoms with E-state index in [2.05, 4.69) is 24.6 Å². The second kappa shape index (κ2) is 10.4. The van der Waals surface area contributed by atoms with E-state index in [0.717, 1.165) is 12.2 Å². The van der Waals surface area contributed by atoms with Gasteiger partial charge in [0.1, 0.15) is 0 Å². The van der Waals surface area contributed by atoms with Gasteiger partial charge in [0, 0.05) is 23.3 Å². The lowest BCUT2D eigenvalue weighted by atomic mass is 9.87. The number of anilines is 2. The van der Waals surface area contributed by atoms with Gasteiger partial charge < -0.3 is 10.7 Å². The van der Waals surface area contributed by atoms with E-state index >= 15 is 0 Å². The third kappa shape index (κ3) is 5.53. The first kappa shape index (κ1) is 26.4. The van der Waals surface area contributed by atoms with E-state index in [0.29, 0.717) is 15.5 Å². The Bertz CT molecular complexity index is 1600. The summed E-state index contributed by atoms with van der Waals surface area (Å²) < 4.78 is 49.6. The fraction of sp³-hybridized carbons (Fsp3) is 0.143. The number of rotatable bonds is 5. The van der Waals surface area contributed by atoms with Crippen LogP contribution in [-0.4, -0.2) is 23.4 Å². The first-order valence-corrected chi connectivity index (χ1v) is 14.6. The summed E-state index contributed by atoms with van der Waals surface area (Å²) in [6.07, 6.45) is 0. The van der Waals surface area contributed by atoms with Crippen molar-refractivity contribution in [1.82, 2.24) is 0 Å². The molecule has 1 aliphatic rings. The summed E-state index contributed by atoms with van der Waals surface area (Å²) in [5.41, 5.74) is 5.12. The van der Waals surface area contributed by atoms with E-state index in [-0.39, 0.29) is 15.2 Å². The molecule has 0 atom stereocenters. The van der Waals surface area contributed by atoms with Crippen molar-refractivity contribution in [1.29, 1.82) is 0 Å². The van der Waals surface area contributed by atoms with Crippen LogP contribution in [0.15, 0.2) is 123 Å². The fourth-order valence-electron chi connectivity index (χ4n) is 4.06. The molecule has 0 spiro atoms. The van der Waals surface area contributed by atoms with E-state index < -0.39 is 19.7 Å². The van der Waals surface area contributed by atoms with Crippen LogP contribution in [0.5, 0.6) is 0 Å². The molecule has 7 nitrogen and oxygen atoms in total. The smallest absolute Gasteiger partial charge is 0.206 e. The van der Waals surface area contributed by atoms with E-state index in [1.54, 1.807) is 84.9 Å². The number of nitrogen functional groups attached to an aromatic ring is 1. The highest BCUT2D eigenvalue weighted by molar-refractivity contribution is 7.91. The van der Waals surface area contributed by atoms with Gasteiger partial charge in [-0.1, -0.05) is 62.4 Å². The van der Waals surface area contributed by atoms with Crippen LogP contribution in [-0.2, 0) is 25.1 Å². The van der Waals surface area contributed by atoms with Gasteiger partial charge >= 0.3 is 0 Å². The van der Waals surface area contributed by atoms with E-state index in [4.69, 9.17) is 5.84 Å². The molecule has 0 aromatic heterocycles. The Morgan fingerprint density at radius 2 is 1.19 bits per heavy atom. The minimum absolute atomic E-state index is 0.0460. The minimum atomic E-state index is -3.47. The van der Waals surface area contributed by atoms with Crippen LogP contribution >= 0.6 is 0 Å². The highest BCUT2D eigenvalue weighted by Crippen LogP contribution is 2.38. The Morgan fingerprint density at radius 3 is 1.73 bits per heavy atom. The van der Waals surface area contributed by atoms with Gasteiger partial charge in [-0.2, -0.15) is 0 Å². The van der Waals surface area contributed by atoms with Gasteiger partial charge in [0.05, 0.1) is 19.6 Å². The molecule has 0 saturated carbocycles. The predicted octanol–water partition coefficient (Wildman–Crippen LogP) is 5.03. The molecule has 37 heavy (non-hydrogen) atoms. The maximum absolute atomic E-state index is 12.6. The monoisotopic (exact) mass is 535 g/mol. The molecule has 0 aliphatic carbocycles. The Labute approximate surface area is 218 Å². The molecule has 5 rings (SSSR count). The number of hydrazine groups is 1. The van der Waals surface area contributed by atoms with Crippen LogP contribution in [0.2, 0.25) is 0 Å². The number of hydrogen-bond donors (Lipinski definition) is 3. The SMILES string of the molecule is CC1(C)CNc2cc(S(=O)(=O)c3ccccc3)ccc21.NNc1cccc(S(=O)(=O)c2ccccc2)c1. The minimum Gasteiger partial charge on any atom is -0.384 e. The molecule has 0 fully saturated rings. The zero-order valence-corrected chi connectivity index (χ0v) is 22.2. The first-order valence-electron chi connectivity index (χ1n) is 11.6. The molecule has 0 unspecified atom stereocenters. The van der Waals surface area contributed by atoms with Crippen molar-refractivity contribution in [3.05, 3.63) is 109 Å². The van der Waals surface area contributed by atoms with E-state index in [1.807, 2.05) is 12.1 Å². The third-order valence-electron chi connectivity index (χ3n) is 6.17. The molecular weight excluding hydrogens is 506 g/mol.